The van der Waals surface area contributed by atoms with E-state index in [0.29, 0.717) is 32.8 Å². The molecule has 0 saturated carbocycles. The molecule has 2 heterocycles. The van der Waals surface area contributed by atoms with Crippen LogP contribution >= 0.6 is 23.2 Å². The number of rotatable bonds is 3. The Hall–Kier alpha value is -2.35. The molecule has 1 aliphatic rings. The van der Waals surface area contributed by atoms with Gasteiger partial charge in [0.1, 0.15) is 5.82 Å². The Bertz CT molecular complexity index is 1170. The van der Waals surface area contributed by atoms with E-state index in [1.54, 1.807) is 48.5 Å². The molecule has 138 valence electrons. The van der Waals surface area contributed by atoms with Crippen molar-refractivity contribution < 1.29 is 13.2 Å². The van der Waals surface area contributed by atoms with Crippen LogP contribution in [0.5, 0.6) is 0 Å². The van der Waals surface area contributed by atoms with Gasteiger partial charge >= 0.3 is 0 Å². The molecular weight excluding hydrogens is 409 g/mol. The molecule has 9 heteroatoms. The molecule has 0 aliphatic carbocycles. The van der Waals surface area contributed by atoms with E-state index in [1.807, 2.05) is 0 Å². The number of benzene rings is 2. The average Bonchev–Trinajstić information content (AvgIpc) is 3.08. The maximum Gasteiger partial charge on any atom is 0.258 e. The van der Waals surface area contributed by atoms with Gasteiger partial charge in [-0.2, -0.15) is 5.10 Å². The first-order valence-electron chi connectivity index (χ1n) is 7.97. The normalized spacial score (nSPS) is 14.7. The fourth-order valence-electron chi connectivity index (χ4n) is 2.99. The van der Waals surface area contributed by atoms with Gasteiger partial charge in [-0.25, -0.2) is 13.1 Å². The number of carbonyl (C=O) groups excluding carboxylic acids is 1. The molecule has 1 N–H and O–H groups in total. The van der Waals surface area contributed by atoms with Gasteiger partial charge in [0.15, 0.2) is 9.84 Å². The molecule has 0 atom stereocenters. The summed E-state index contributed by atoms with van der Waals surface area (Å²) >= 11 is 12.2. The van der Waals surface area contributed by atoms with E-state index in [9.17, 15) is 13.2 Å². The summed E-state index contributed by atoms with van der Waals surface area (Å²) < 4.78 is 25.5. The van der Waals surface area contributed by atoms with Crippen molar-refractivity contribution in [1.29, 1.82) is 0 Å². The van der Waals surface area contributed by atoms with Crippen LogP contribution in [0.2, 0.25) is 10.0 Å². The Kier molecular flexibility index (Phi) is 4.46. The Morgan fingerprint density at radius 1 is 1.07 bits per heavy atom. The number of amides is 1. The summed E-state index contributed by atoms with van der Waals surface area (Å²) in [6, 6.07) is 13.5. The second kappa shape index (κ2) is 6.67. The number of aromatic nitrogens is 2. The zero-order valence-corrected chi connectivity index (χ0v) is 16.1. The van der Waals surface area contributed by atoms with Crippen molar-refractivity contribution in [2.24, 2.45) is 0 Å². The lowest BCUT2D eigenvalue weighted by molar-refractivity contribution is 0.102. The molecule has 0 fully saturated rings. The quantitative estimate of drug-likeness (QED) is 0.695. The highest BCUT2D eigenvalue weighted by atomic mass is 35.5. The van der Waals surface area contributed by atoms with Gasteiger partial charge in [0.2, 0.25) is 0 Å². The van der Waals surface area contributed by atoms with Crippen LogP contribution < -0.4 is 5.32 Å². The van der Waals surface area contributed by atoms with Gasteiger partial charge in [-0.1, -0.05) is 41.4 Å². The van der Waals surface area contributed by atoms with E-state index in [0.717, 1.165) is 0 Å². The van der Waals surface area contributed by atoms with Crippen molar-refractivity contribution in [3.8, 4) is 5.69 Å². The van der Waals surface area contributed by atoms with Crippen molar-refractivity contribution in [3.63, 3.8) is 0 Å². The lowest BCUT2D eigenvalue weighted by Crippen LogP contribution is -2.17. The highest BCUT2D eigenvalue weighted by Crippen LogP contribution is 2.34. The first kappa shape index (κ1) is 18.0. The molecule has 27 heavy (non-hydrogen) atoms. The number of fused-ring (bicyclic) bond motifs is 1. The summed E-state index contributed by atoms with van der Waals surface area (Å²) in [5.74, 6) is -0.486. The van der Waals surface area contributed by atoms with E-state index in [1.165, 1.54) is 4.68 Å². The largest absolute Gasteiger partial charge is 0.306 e. The van der Waals surface area contributed by atoms with Gasteiger partial charge in [-0.05, 0) is 30.3 Å². The van der Waals surface area contributed by atoms with Gasteiger partial charge in [-0.3, -0.25) is 4.79 Å². The zero-order valence-electron chi connectivity index (χ0n) is 13.8. The number of nitrogens with zero attached hydrogens (tertiary/aromatic N) is 2. The Morgan fingerprint density at radius 2 is 1.85 bits per heavy atom. The second-order valence-corrected chi connectivity index (χ2v) is 9.04. The molecule has 2 aromatic carbocycles. The molecule has 1 aliphatic heterocycles. The highest BCUT2D eigenvalue weighted by molar-refractivity contribution is 7.90. The summed E-state index contributed by atoms with van der Waals surface area (Å²) in [5, 5.41) is 7.97. The molecule has 1 aromatic heterocycles. The SMILES string of the molecule is O=C(Nc1c2c(nn1-c1cccc(Cl)c1)CS(=O)(=O)C2)c1ccccc1Cl. The Balaban J connectivity index is 1.81. The van der Waals surface area contributed by atoms with Crippen LogP contribution in [-0.2, 0) is 21.3 Å². The number of halogens is 2. The van der Waals surface area contributed by atoms with Gasteiger partial charge in [0, 0.05) is 10.6 Å². The molecular formula is C18H13Cl2N3O3S. The molecule has 0 spiro atoms. The van der Waals surface area contributed by atoms with E-state index >= 15 is 0 Å². The van der Waals surface area contributed by atoms with Gasteiger partial charge in [-0.15, -0.1) is 0 Å². The van der Waals surface area contributed by atoms with Crippen LogP contribution in [0.4, 0.5) is 5.82 Å². The summed E-state index contributed by atoms with van der Waals surface area (Å²) in [4.78, 5) is 12.7. The van der Waals surface area contributed by atoms with Crippen molar-refractivity contribution in [1.82, 2.24) is 9.78 Å². The van der Waals surface area contributed by atoms with Crippen molar-refractivity contribution in [2.75, 3.05) is 5.32 Å². The third-order valence-corrected chi connectivity index (χ3v) is 6.20. The molecule has 0 saturated heterocycles. The van der Waals surface area contributed by atoms with Crippen LogP contribution in [0.25, 0.3) is 5.69 Å². The lowest BCUT2D eigenvalue weighted by Gasteiger charge is -2.12. The fraction of sp³-hybridized carbons (Fsp3) is 0.111. The molecule has 1 amide bonds. The minimum absolute atomic E-state index is 0.162. The summed E-state index contributed by atoms with van der Waals surface area (Å²) in [6.45, 7) is 0. The van der Waals surface area contributed by atoms with Gasteiger partial charge < -0.3 is 5.32 Å². The minimum Gasteiger partial charge on any atom is -0.306 e. The number of hydrogen-bond donors (Lipinski definition) is 1. The molecule has 0 unspecified atom stereocenters. The molecule has 6 nitrogen and oxygen atoms in total. The predicted molar refractivity (Wildman–Crippen MR) is 104 cm³/mol. The zero-order chi connectivity index (χ0) is 19.2. The Labute approximate surface area is 165 Å². The van der Waals surface area contributed by atoms with Crippen molar-refractivity contribution in [2.45, 2.75) is 11.5 Å². The maximum absolute atomic E-state index is 12.7. The van der Waals surface area contributed by atoms with Crippen LogP contribution in [0.3, 0.4) is 0 Å². The molecule has 3 aromatic rings. The summed E-state index contributed by atoms with van der Waals surface area (Å²) in [5.41, 5.74) is 1.80. The third kappa shape index (κ3) is 3.45. The van der Waals surface area contributed by atoms with Crippen LogP contribution in [-0.4, -0.2) is 24.1 Å². The third-order valence-electron chi connectivity index (χ3n) is 4.19. The first-order chi connectivity index (χ1) is 12.8. The maximum atomic E-state index is 12.7. The molecule has 0 radical (unpaired) electrons. The Morgan fingerprint density at radius 3 is 2.59 bits per heavy atom. The van der Waals surface area contributed by atoms with Crippen molar-refractivity contribution in [3.05, 3.63) is 75.4 Å². The van der Waals surface area contributed by atoms with Gasteiger partial charge in [0.25, 0.3) is 5.91 Å². The van der Waals surface area contributed by atoms with E-state index in [-0.39, 0.29) is 17.1 Å². The second-order valence-electron chi connectivity index (χ2n) is 6.13. The van der Waals surface area contributed by atoms with E-state index < -0.39 is 15.7 Å². The van der Waals surface area contributed by atoms with Crippen LogP contribution in [0, 0.1) is 0 Å². The standard InChI is InChI=1S/C18H13Cl2N3O3S/c19-11-4-3-5-12(8-11)23-17(14-9-27(25,26)10-16(14)22-23)21-18(24)13-6-1-2-7-15(13)20/h1-8H,9-10H2,(H,21,24). The number of sulfone groups is 1. The number of carbonyl (C=O) groups is 1. The topological polar surface area (TPSA) is 81.1 Å². The summed E-state index contributed by atoms with van der Waals surface area (Å²) in [7, 11) is -3.28. The van der Waals surface area contributed by atoms with Crippen LogP contribution in [0.15, 0.2) is 48.5 Å². The first-order valence-corrected chi connectivity index (χ1v) is 10.5. The van der Waals surface area contributed by atoms with Crippen molar-refractivity contribution >= 4 is 44.8 Å². The number of anilines is 1. The van der Waals surface area contributed by atoms with E-state index in [2.05, 4.69) is 10.4 Å². The smallest absolute Gasteiger partial charge is 0.258 e. The lowest BCUT2D eigenvalue weighted by atomic mass is 10.2. The van der Waals surface area contributed by atoms with E-state index in [4.69, 9.17) is 23.2 Å². The van der Waals surface area contributed by atoms with Crippen LogP contribution in [0.1, 0.15) is 21.6 Å². The molecule has 0 bridgehead atoms. The fourth-order valence-corrected chi connectivity index (χ4v) is 4.89. The summed E-state index contributed by atoms with van der Waals surface area (Å²) in [6.07, 6.45) is 0. The monoisotopic (exact) mass is 421 g/mol. The minimum atomic E-state index is -3.28. The number of nitrogens with one attached hydrogen (secondary N) is 1. The molecule has 4 rings (SSSR count). The average molecular weight is 422 g/mol. The highest BCUT2D eigenvalue weighted by Gasteiger charge is 2.33. The predicted octanol–water partition coefficient (Wildman–Crippen LogP) is 3.86. The number of hydrogen-bond acceptors (Lipinski definition) is 4. The van der Waals surface area contributed by atoms with Gasteiger partial charge in [0.05, 0.1) is 33.5 Å².